The van der Waals surface area contributed by atoms with Gasteiger partial charge in [-0.1, -0.05) is 47.5 Å². The van der Waals surface area contributed by atoms with Crippen LogP contribution in [0.3, 0.4) is 0 Å². The summed E-state index contributed by atoms with van der Waals surface area (Å²) in [5.41, 5.74) is 3.29. The maximum absolute atomic E-state index is 12.3. The second-order valence-electron chi connectivity index (χ2n) is 6.17. The van der Waals surface area contributed by atoms with Gasteiger partial charge in [-0.2, -0.15) is 0 Å². The Balaban J connectivity index is 2.07. The molecule has 146 valence electrons. The Morgan fingerprint density at radius 3 is 2.72 bits per heavy atom. The van der Waals surface area contributed by atoms with Gasteiger partial charge in [0.15, 0.2) is 11.5 Å². The third-order valence-electron chi connectivity index (χ3n) is 4.17. The zero-order valence-corrected chi connectivity index (χ0v) is 16.2. The van der Waals surface area contributed by atoms with Gasteiger partial charge >= 0.3 is 5.97 Å². The topological polar surface area (TPSA) is 57.1 Å². The molecule has 0 unspecified atom stereocenters. The summed E-state index contributed by atoms with van der Waals surface area (Å²) in [6.45, 7) is 6.27. The summed E-state index contributed by atoms with van der Waals surface area (Å²) in [6.07, 6.45) is 9.40. The molecule has 1 heterocycles. The molecule has 0 saturated heterocycles. The maximum atomic E-state index is 12.3. The van der Waals surface area contributed by atoms with E-state index in [2.05, 4.69) is 17.7 Å². The van der Waals surface area contributed by atoms with Crippen LogP contribution in [0.15, 0.2) is 65.8 Å². The van der Waals surface area contributed by atoms with Crippen LogP contribution in [0.25, 0.3) is 6.08 Å². The fraction of sp³-hybridized carbons (Fsp3) is 0.167. The number of nitrogens with zero attached hydrogens (tertiary/aromatic N) is 1. The monoisotopic (exact) mass is 387 g/mol. The summed E-state index contributed by atoms with van der Waals surface area (Å²) < 4.78 is 11.5. The van der Waals surface area contributed by atoms with Gasteiger partial charge in [0.25, 0.3) is 0 Å². The molecule has 0 bridgehead atoms. The molecule has 0 saturated carbocycles. The Labute approximate surface area is 170 Å². The van der Waals surface area contributed by atoms with Crippen LogP contribution in [0.1, 0.15) is 23.6 Å². The Kier molecular flexibility index (Phi) is 6.49. The Hall–Kier alpha value is -3.78. The van der Waals surface area contributed by atoms with Gasteiger partial charge in [0.2, 0.25) is 0 Å². The molecule has 1 aliphatic heterocycles. The van der Waals surface area contributed by atoms with Crippen LogP contribution >= 0.6 is 0 Å². The first-order valence-electron chi connectivity index (χ1n) is 9.21. The van der Waals surface area contributed by atoms with Gasteiger partial charge in [-0.15, -0.1) is 13.0 Å². The number of hydrogen-bond acceptors (Lipinski definition) is 5. The van der Waals surface area contributed by atoms with Crippen LogP contribution in [0.2, 0.25) is 0 Å². The van der Waals surface area contributed by atoms with Crippen molar-refractivity contribution < 1.29 is 19.1 Å². The lowest BCUT2D eigenvalue weighted by Crippen LogP contribution is -2.07. The van der Waals surface area contributed by atoms with Gasteiger partial charge in [-0.3, -0.25) is 0 Å². The van der Waals surface area contributed by atoms with E-state index in [9.17, 15) is 4.79 Å². The molecular formula is C24H21NO4. The highest BCUT2D eigenvalue weighted by Gasteiger charge is 2.27. The summed E-state index contributed by atoms with van der Waals surface area (Å²) in [5, 5.41) is 3.94. The van der Waals surface area contributed by atoms with Crippen LogP contribution in [0.5, 0.6) is 11.5 Å². The van der Waals surface area contributed by atoms with Gasteiger partial charge in [-0.05, 0) is 37.1 Å². The Morgan fingerprint density at radius 2 is 2.03 bits per heavy atom. The van der Waals surface area contributed by atoms with Crippen molar-refractivity contribution in [1.82, 2.24) is 0 Å². The third kappa shape index (κ3) is 4.56. The van der Waals surface area contributed by atoms with Crippen molar-refractivity contribution >= 4 is 17.8 Å². The van der Waals surface area contributed by atoms with E-state index in [1.807, 2.05) is 49.4 Å². The quantitative estimate of drug-likeness (QED) is 0.295. The van der Waals surface area contributed by atoms with Crippen LogP contribution < -0.4 is 9.47 Å². The third-order valence-corrected chi connectivity index (χ3v) is 4.17. The van der Waals surface area contributed by atoms with E-state index in [0.29, 0.717) is 35.8 Å². The van der Waals surface area contributed by atoms with Gasteiger partial charge in [0.05, 0.1) is 12.2 Å². The smallest absolute Gasteiger partial charge is 0.368 e. The molecule has 0 N–H and O–H groups in total. The van der Waals surface area contributed by atoms with Crippen molar-refractivity contribution in [3.05, 3.63) is 77.4 Å². The molecule has 3 rings (SSSR count). The van der Waals surface area contributed by atoms with E-state index in [-0.39, 0.29) is 6.61 Å². The van der Waals surface area contributed by atoms with E-state index in [4.69, 9.17) is 20.7 Å². The first-order valence-corrected chi connectivity index (χ1v) is 9.21. The van der Waals surface area contributed by atoms with Crippen LogP contribution in [0, 0.1) is 12.3 Å². The molecule has 0 amide bonds. The molecular weight excluding hydrogens is 366 g/mol. The minimum absolute atomic E-state index is 0.127. The number of benzene rings is 2. The van der Waals surface area contributed by atoms with E-state index < -0.39 is 5.97 Å². The first-order chi connectivity index (χ1) is 14.2. The van der Waals surface area contributed by atoms with Gasteiger partial charge in [-0.25, -0.2) is 4.79 Å². The summed E-state index contributed by atoms with van der Waals surface area (Å²) in [7, 11) is 0. The highest BCUT2D eigenvalue weighted by molar-refractivity contribution is 6.31. The highest BCUT2D eigenvalue weighted by Crippen LogP contribution is 2.35. The predicted octanol–water partition coefficient (Wildman–Crippen LogP) is 4.17. The van der Waals surface area contributed by atoms with Crippen molar-refractivity contribution in [3.63, 3.8) is 0 Å². The molecule has 0 fully saturated rings. The lowest BCUT2D eigenvalue weighted by molar-refractivity contribution is -0.136. The Bertz CT molecular complexity index is 1010. The summed E-state index contributed by atoms with van der Waals surface area (Å²) in [5.74, 6) is 3.10. The summed E-state index contributed by atoms with van der Waals surface area (Å²) in [6, 6.07) is 13.1. The number of ether oxygens (including phenoxy) is 2. The number of hydrogen-bond donors (Lipinski definition) is 0. The number of carbonyl (C=O) groups is 1. The van der Waals surface area contributed by atoms with Crippen molar-refractivity contribution in [2.75, 3.05) is 13.2 Å². The molecule has 2 aromatic carbocycles. The summed E-state index contributed by atoms with van der Waals surface area (Å²) >= 11 is 0. The van der Waals surface area contributed by atoms with Crippen molar-refractivity contribution in [1.29, 1.82) is 0 Å². The number of allylic oxidation sites excluding steroid dienone is 1. The molecule has 29 heavy (non-hydrogen) atoms. The fourth-order valence-corrected chi connectivity index (χ4v) is 2.99. The van der Waals surface area contributed by atoms with Crippen molar-refractivity contribution in [3.8, 4) is 23.8 Å². The van der Waals surface area contributed by atoms with Gasteiger partial charge in [0.1, 0.15) is 12.3 Å². The number of carbonyl (C=O) groups excluding carboxylic acids is 1. The van der Waals surface area contributed by atoms with E-state index in [0.717, 1.165) is 16.7 Å². The SMILES string of the molecule is C#CCOc1c(CC=C)cc(/C=C2\C(=O)ON=C2c2ccccc2)cc1OCC. The average molecular weight is 387 g/mol. The molecule has 5 heteroatoms. The number of terminal acetylenes is 1. The molecule has 0 radical (unpaired) electrons. The van der Waals surface area contributed by atoms with Crippen LogP contribution in [-0.2, 0) is 16.1 Å². The predicted molar refractivity (Wildman–Crippen MR) is 113 cm³/mol. The molecule has 2 aromatic rings. The van der Waals surface area contributed by atoms with E-state index in [1.54, 1.807) is 12.2 Å². The molecule has 0 spiro atoms. The first kappa shape index (κ1) is 20.0. The van der Waals surface area contributed by atoms with E-state index >= 15 is 0 Å². The minimum atomic E-state index is -0.500. The Morgan fingerprint density at radius 1 is 1.24 bits per heavy atom. The van der Waals surface area contributed by atoms with Gasteiger partial charge < -0.3 is 14.3 Å². The van der Waals surface area contributed by atoms with Crippen LogP contribution in [0.4, 0.5) is 0 Å². The second kappa shape index (κ2) is 9.43. The molecule has 5 nitrogen and oxygen atoms in total. The lowest BCUT2D eigenvalue weighted by atomic mass is 9.99. The maximum Gasteiger partial charge on any atom is 0.368 e. The highest BCUT2D eigenvalue weighted by atomic mass is 16.7. The zero-order valence-electron chi connectivity index (χ0n) is 16.2. The molecule has 0 aliphatic carbocycles. The van der Waals surface area contributed by atoms with Gasteiger partial charge in [0, 0.05) is 11.1 Å². The number of oxime groups is 1. The minimum Gasteiger partial charge on any atom is -0.490 e. The van der Waals surface area contributed by atoms with Crippen molar-refractivity contribution in [2.45, 2.75) is 13.3 Å². The fourth-order valence-electron chi connectivity index (χ4n) is 2.99. The molecule has 1 aliphatic rings. The lowest BCUT2D eigenvalue weighted by Gasteiger charge is -2.15. The molecule has 0 atom stereocenters. The normalized spacial score (nSPS) is 14.1. The largest absolute Gasteiger partial charge is 0.490 e. The van der Waals surface area contributed by atoms with Crippen LogP contribution in [-0.4, -0.2) is 24.9 Å². The molecule has 0 aromatic heterocycles. The van der Waals surface area contributed by atoms with Crippen molar-refractivity contribution in [2.24, 2.45) is 5.16 Å². The zero-order chi connectivity index (χ0) is 20.6. The standard InChI is InChI=1S/C24H21NO4/c1-4-10-19-14-17(16-21(27-6-3)23(19)28-13-5-2)15-20-22(25-29-24(20)26)18-11-8-7-9-12-18/h2,4,7-9,11-12,14-16H,1,6,10,13H2,3H3/b20-15-. The summed E-state index contributed by atoms with van der Waals surface area (Å²) in [4.78, 5) is 17.2. The average Bonchev–Trinajstić information content (AvgIpc) is 3.09. The second-order valence-corrected chi connectivity index (χ2v) is 6.17. The number of rotatable bonds is 8. The van der Waals surface area contributed by atoms with E-state index in [1.165, 1.54) is 0 Å².